The first kappa shape index (κ1) is 22.8. The summed E-state index contributed by atoms with van der Waals surface area (Å²) in [6.45, 7) is 2.10. The van der Waals surface area contributed by atoms with Crippen molar-refractivity contribution in [1.29, 1.82) is 0 Å². The van der Waals surface area contributed by atoms with Crippen molar-refractivity contribution in [3.05, 3.63) is 59.7 Å². The van der Waals surface area contributed by atoms with Gasteiger partial charge in [-0.05, 0) is 47.4 Å². The lowest BCUT2D eigenvalue weighted by Crippen LogP contribution is -2.50. The highest BCUT2D eigenvalue weighted by Crippen LogP contribution is 2.44. The zero-order chi connectivity index (χ0) is 23.4. The van der Waals surface area contributed by atoms with Crippen LogP contribution < -0.4 is 10.6 Å². The normalized spacial score (nSPS) is 16.3. The van der Waals surface area contributed by atoms with E-state index in [4.69, 9.17) is 9.84 Å². The van der Waals surface area contributed by atoms with Gasteiger partial charge in [-0.15, -0.1) is 0 Å². The molecule has 2 amide bonds. The molecule has 2 aliphatic carbocycles. The van der Waals surface area contributed by atoms with Crippen LogP contribution in [0.25, 0.3) is 11.1 Å². The molecule has 0 bridgehead atoms. The summed E-state index contributed by atoms with van der Waals surface area (Å²) in [5, 5.41) is 14.7. The second-order valence-corrected chi connectivity index (χ2v) is 8.86. The maximum Gasteiger partial charge on any atom is 0.407 e. The maximum absolute atomic E-state index is 12.8. The van der Waals surface area contributed by atoms with E-state index in [0.29, 0.717) is 12.8 Å². The van der Waals surface area contributed by atoms with Gasteiger partial charge >= 0.3 is 12.1 Å². The quantitative estimate of drug-likeness (QED) is 0.506. The number of alkyl carbamates (subject to hydrolysis) is 1. The van der Waals surface area contributed by atoms with Crippen molar-refractivity contribution >= 4 is 18.0 Å². The van der Waals surface area contributed by atoms with Gasteiger partial charge in [0.05, 0.1) is 6.42 Å². The molecule has 1 fully saturated rings. The molecule has 0 heterocycles. The molecule has 7 nitrogen and oxygen atoms in total. The predicted octanol–water partition coefficient (Wildman–Crippen LogP) is 4.06. The topological polar surface area (TPSA) is 105 Å². The Morgan fingerprint density at radius 3 is 2.15 bits per heavy atom. The van der Waals surface area contributed by atoms with Gasteiger partial charge in [0.15, 0.2) is 0 Å². The lowest BCUT2D eigenvalue weighted by Gasteiger charge is -2.22. The van der Waals surface area contributed by atoms with E-state index in [9.17, 15) is 14.4 Å². The van der Waals surface area contributed by atoms with Crippen LogP contribution in [-0.2, 0) is 14.3 Å². The first-order valence-corrected chi connectivity index (χ1v) is 11.6. The van der Waals surface area contributed by atoms with Crippen molar-refractivity contribution in [2.24, 2.45) is 5.92 Å². The highest BCUT2D eigenvalue weighted by molar-refractivity contribution is 5.86. The molecule has 2 aromatic rings. The van der Waals surface area contributed by atoms with Gasteiger partial charge in [0.1, 0.15) is 12.6 Å². The van der Waals surface area contributed by atoms with Gasteiger partial charge in [-0.3, -0.25) is 9.59 Å². The Labute approximate surface area is 193 Å². The summed E-state index contributed by atoms with van der Waals surface area (Å²) < 4.78 is 5.57. The fourth-order valence-electron chi connectivity index (χ4n) is 4.65. The Balaban J connectivity index is 1.37. The summed E-state index contributed by atoms with van der Waals surface area (Å²) in [7, 11) is 0. The summed E-state index contributed by atoms with van der Waals surface area (Å²) in [5.41, 5.74) is 4.54. The van der Waals surface area contributed by atoms with Crippen LogP contribution in [0, 0.1) is 5.92 Å². The monoisotopic (exact) mass is 450 g/mol. The molecule has 0 radical (unpaired) electrons. The molecule has 2 atom stereocenters. The van der Waals surface area contributed by atoms with Crippen LogP contribution in [0.2, 0.25) is 0 Å². The van der Waals surface area contributed by atoms with Crippen LogP contribution in [0.3, 0.4) is 0 Å². The number of carbonyl (C=O) groups excluding carboxylic acids is 2. The van der Waals surface area contributed by atoms with E-state index in [1.54, 1.807) is 0 Å². The molecule has 3 N–H and O–H groups in total. The second kappa shape index (κ2) is 10.1. The van der Waals surface area contributed by atoms with Crippen LogP contribution in [0.4, 0.5) is 4.79 Å². The van der Waals surface area contributed by atoms with E-state index >= 15 is 0 Å². The van der Waals surface area contributed by atoms with Gasteiger partial charge in [0.25, 0.3) is 0 Å². The highest BCUT2D eigenvalue weighted by Gasteiger charge is 2.35. The molecule has 0 saturated heterocycles. The van der Waals surface area contributed by atoms with E-state index in [0.717, 1.165) is 35.1 Å². The number of aliphatic carboxylic acids is 1. The van der Waals surface area contributed by atoms with Crippen LogP contribution in [0.1, 0.15) is 56.1 Å². The Kier molecular flexibility index (Phi) is 6.96. The zero-order valence-electron chi connectivity index (χ0n) is 18.8. The molecule has 0 aliphatic heterocycles. The average Bonchev–Trinajstić information content (AvgIpc) is 3.60. The Morgan fingerprint density at radius 1 is 1.00 bits per heavy atom. The highest BCUT2D eigenvalue weighted by atomic mass is 16.5. The summed E-state index contributed by atoms with van der Waals surface area (Å²) in [6, 6.07) is 15.0. The maximum atomic E-state index is 12.8. The number of hydrogen-bond donors (Lipinski definition) is 3. The molecular formula is C26H30N2O5. The summed E-state index contributed by atoms with van der Waals surface area (Å²) >= 11 is 0. The van der Waals surface area contributed by atoms with E-state index in [1.165, 1.54) is 0 Å². The largest absolute Gasteiger partial charge is 0.481 e. The molecule has 0 aromatic heterocycles. The lowest BCUT2D eigenvalue weighted by atomic mass is 9.98. The molecule has 2 aromatic carbocycles. The van der Waals surface area contributed by atoms with E-state index in [2.05, 4.69) is 34.9 Å². The van der Waals surface area contributed by atoms with E-state index in [-0.39, 0.29) is 30.8 Å². The number of nitrogens with one attached hydrogen (secondary N) is 2. The average molecular weight is 451 g/mol. The third-order valence-corrected chi connectivity index (χ3v) is 6.44. The summed E-state index contributed by atoms with van der Waals surface area (Å²) in [6.07, 6.45) is 2.20. The summed E-state index contributed by atoms with van der Waals surface area (Å²) in [4.78, 5) is 36.6. The van der Waals surface area contributed by atoms with Crippen molar-refractivity contribution < 1.29 is 24.2 Å². The molecule has 1 saturated carbocycles. The smallest absolute Gasteiger partial charge is 0.407 e. The van der Waals surface area contributed by atoms with Crippen molar-refractivity contribution in [3.63, 3.8) is 0 Å². The van der Waals surface area contributed by atoms with Crippen LogP contribution >= 0.6 is 0 Å². The van der Waals surface area contributed by atoms with Gasteiger partial charge in [0, 0.05) is 12.0 Å². The number of carboxylic acid groups (broad SMARTS) is 1. The molecule has 33 heavy (non-hydrogen) atoms. The molecule has 2 aliphatic rings. The van der Waals surface area contributed by atoms with Gasteiger partial charge in [0.2, 0.25) is 5.91 Å². The Bertz CT molecular complexity index is 987. The van der Waals surface area contributed by atoms with Crippen molar-refractivity contribution in [2.45, 2.75) is 57.0 Å². The Hall–Kier alpha value is -3.35. The first-order chi connectivity index (χ1) is 16.0. The van der Waals surface area contributed by atoms with Crippen molar-refractivity contribution in [3.8, 4) is 11.1 Å². The van der Waals surface area contributed by atoms with Gasteiger partial charge in [-0.1, -0.05) is 61.9 Å². The minimum absolute atomic E-state index is 0.0589. The minimum atomic E-state index is -0.941. The third-order valence-electron chi connectivity index (χ3n) is 6.44. The molecule has 174 valence electrons. The molecule has 7 heteroatoms. The van der Waals surface area contributed by atoms with Crippen LogP contribution in [0.5, 0.6) is 0 Å². The van der Waals surface area contributed by atoms with E-state index < -0.39 is 24.1 Å². The minimum Gasteiger partial charge on any atom is -0.481 e. The van der Waals surface area contributed by atoms with Gasteiger partial charge in [-0.2, -0.15) is 0 Å². The number of ether oxygens (including phenoxy) is 1. The number of rotatable bonds is 10. The van der Waals surface area contributed by atoms with Gasteiger partial charge < -0.3 is 20.5 Å². The second-order valence-electron chi connectivity index (χ2n) is 8.86. The number of hydrogen-bond acceptors (Lipinski definition) is 4. The number of carboxylic acids is 1. The molecule has 4 rings (SSSR count). The Morgan fingerprint density at radius 2 is 1.61 bits per heavy atom. The van der Waals surface area contributed by atoms with Crippen LogP contribution in [0.15, 0.2) is 48.5 Å². The fraction of sp³-hybridized carbons (Fsp3) is 0.423. The van der Waals surface area contributed by atoms with Crippen LogP contribution in [-0.4, -0.2) is 41.8 Å². The number of carbonyl (C=O) groups is 3. The first-order valence-electron chi connectivity index (χ1n) is 11.6. The fourth-order valence-corrected chi connectivity index (χ4v) is 4.65. The number of amides is 2. The van der Waals surface area contributed by atoms with E-state index in [1.807, 2.05) is 31.2 Å². The van der Waals surface area contributed by atoms with Crippen molar-refractivity contribution in [2.75, 3.05) is 6.61 Å². The summed E-state index contributed by atoms with van der Waals surface area (Å²) in [5.74, 6) is -1.16. The molecular weight excluding hydrogens is 420 g/mol. The number of fused-ring (bicyclic) bond motifs is 3. The zero-order valence-corrected chi connectivity index (χ0v) is 18.8. The van der Waals surface area contributed by atoms with Gasteiger partial charge in [-0.25, -0.2) is 4.79 Å². The number of benzene rings is 2. The predicted molar refractivity (Wildman–Crippen MR) is 124 cm³/mol. The molecule has 0 spiro atoms. The SMILES string of the molecule is CCCC(NC(=O)OCC1c2ccccc2-c2ccccc21)C(=O)NC(CC(=O)O)C1CC1. The van der Waals surface area contributed by atoms with Crippen molar-refractivity contribution in [1.82, 2.24) is 10.6 Å². The lowest BCUT2D eigenvalue weighted by molar-refractivity contribution is -0.138. The standard InChI is InChI=1S/C26H30N2O5/c1-2-7-22(25(31)27-23(14-24(29)30)16-12-13-16)28-26(32)33-15-21-19-10-5-3-8-17(19)18-9-4-6-11-20(18)21/h3-6,8-11,16,21-23H,2,7,12-15H2,1H3,(H,27,31)(H,28,32)(H,29,30). The third kappa shape index (κ3) is 5.35. The molecule has 2 unspecified atom stereocenters.